The van der Waals surface area contributed by atoms with E-state index < -0.39 is 0 Å². The Labute approximate surface area is 101 Å². The first-order valence-corrected chi connectivity index (χ1v) is 5.54. The van der Waals surface area contributed by atoms with E-state index in [1.54, 1.807) is 19.4 Å². The molecule has 1 aromatic heterocycles. The van der Waals surface area contributed by atoms with E-state index in [-0.39, 0.29) is 5.91 Å². The van der Waals surface area contributed by atoms with Crippen LogP contribution in [0.4, 0.5) is 5.95 Å². The van der Waals surface area contributed by atoms with Gasteiger partial charge in [-0.05, 0) is 7.05 Å². The van der Waals surface area contributed by atoms with Crippen LogP contribution in [0.5, 0.6) is 0 Å². The lowest BCUT2D eigenvalue weighted by atomic mass is 10.3. The predicted octanol–water partition coefficient (Wildman–Crippen LogP) is -0.232. The molecule has 1 aromatic rings. The molecule has 0 radical (unpaired) electrons. The molecule has 0 fully saturated rings. The zero-order chi connectivity index (χ0) is 12.7. The number of amides is 1. The lowest BCUT2D eigenvalue weighted by molar-refractivity contribution is -0.120. The van der Waals surface area contributed by atoms with Crippen molar-refractivity contribution in [1.29, 1.82) is 0 Å². The molecule has 0 aliphatic carbocycles. The number of hydrogen-bond acceptors (Lipinski definition) is 5. The molecule has 1 heterocycles. The summed E-state index contributed by atoms with van der Waals surface area (Å²) >= 11 is 0. The fourth-order valence-corrected chi connectivity index (χ4v) is 1.33. The number of carbonyl (C=O) groups is 1. The highest BCUT2D eigenvalue weighted by Crippen LogP contribution is 2.05. The highest BCUT2D eigenvalue weighted by Gasteiger charge is 2.06. The lowest BCUT2D eigenvalue weighted by Gasteiger charge is -2.16. The lowest BCUT2D eigenvalue weighted by Crippen LogP contribution is -2.27. The number of nitrogens with zero attached hydrogens (tertiary/aromatic N) is 3. The summed E-state index contributed by atoms with van der Waals surface area (Å²) in [5.41, 5.74) is 1.04. The SMILES string of the molecule is CNCc1cnc(N(C)CCC(=O)NC)nc1. The van der Waals surface area contributed by atoms with Crippen LogP contribution < -0.4 is 15.5 Å². The second-order valence-electron chi connectivity index (χ2n) is 3.77. The molecule has 0 aromatic carbocycles. The molecule has 1 rings (SSSR count). The van der Waals surface area contributed by atoms with Crippen LogP contribution in [0.25, 0.3) is 0 Å². The molecule has 17 heavy (non-hydrogen) atoms. The van der Waals surface area contributed by atoms with Crippen molar-refractivity contribution in [2.45, 2.75) is 13.0 Å². The number of nitrogens with one attached hydrogen (secondary N) is 2. The van der Waals surface area contributed by atoms with Crippen LogP contribution in [-0.4, -0.2) is 43.6 Å². The fourth-order valence-electron chi connectivity index (χ4n) is 1.33. The normalized spacial score (nSPS) is 10.1. The summed E-state index contributed by atoms with van der Waals surface area (Å²) in [7, 11) is 5.38. The molecule has 0 unspecified atom stereocenters. The Bertz CT molecular complexity index is 351. The van der Waals surface area contributed by atoms with Gasteiger partial charge in [0.1, 0.15) is 0 Å². The minimum atomic E-state index is 0.0173. The topological polar surface area (TPSA) is 70.2 Å². The number of rotatable bonds is 6. The van der Waals surface area contributed by atoms with Crippen molar-refractivity contribution in [2.75, 3.05) is 32.6 Å². The van der Waals surface area contributed by atoms with E-state index in [1.165, 1.54) is 0 Å². The standard InChI is InChI=1S/C11H19N5O/c1-12-6-9-7-14-11(15-8-9)16(3)5-4-10(17)13-2/h7-8,12H,4-6H2,1-3H3,(H,13,17). The van der Waals surface area contributed by atoms with E-state index >= 15 is 0 Å². The van der Waals surface area contributed by atoms with Gasteiger partial charge >= 0.3 is 0 Å². The summed E-state index contributed by atoms with van der Waals surface area (Å²) in [6.45, 7) is 1.35. The third kappa shape index (κ3) is 4.36. The number of anilines is 1. The van der Waals surface area contributed by atoms with Crippen molar-refractivity contribution < 1.29 is 4.79 Å². The molecule has 0 saturated heterocycles. The van der Waals surface area contributed by atoms with Crippen molar-refractivity contribution in [2.24, 2.45) is 0 Å². The second kappa shape index (κ2) is 6.80. The van der Waals surface area contributed by atoms with Gasteiger partial charge in [-0.1, -0.05) is 0 Å². The Hall–Kier alpha value is -1.69. The zero-order valence-electron chi connectivity index (χ0n) is 10.5. The van der Waals surface area contributed by atoms with Crippen molar-refractivity contribution in [3.05, 3.63) is 18.0 Å². The van der Waals surface area contributed by atoms with E-state index in [4.69, 9.17) is 0 Å². The summed E-state index contributed by atoms with van der Waals surface area (Å²) in [4.78, 5) is 21.4. The Balaban J connectivity index is 2.51. The quantitative estimate of drug-likeness (QED) is 0.715. The van der Waals surface area contributed by atoms with Gasteiger partial charge in [0.2, 0.25) is 11.9 Å². The van der Waals surface area contributed by atoms with Crippen molar-refractivity contribution >= 4 is 11.9 Å². The molecular formula is C11H19N5O. The highest BCUT2D eigenvalue weighted by atomic mass is 16.1. The zero-order valence-corrected chi connectivity index (χ0v) is 10.5. The van der Waals surface area contributed by atoms with Crippen LogP contribution in [0.2, 0.25) is 0 Å². The summed E-state index contributed by atoms with van der Waals surface area (Å²) in [5.74, 6) is 0.650. The molecule has 6 nitrogen and oxygen atoms in total. The molecule has 0 aliphatic rings. The van der Waals surface area contributed by atoms with E-state index in [1.807, 2.05) is 19.0 Å². The minimum Gasteiger partial charge on any atom is -0.359 e. The van der Waals surface area contributed by atoms with Crippen LogP contribution in [-0.2, 0) is 11.3 Å². The Morgan fingerprint density at radius 2 is 2.00 bits per heavy atom. The first-order chi connectivity index (χ1) is 8.17. The van der Waals surface area contributed by atoms with Gasteiger partial charge in [0.25, 0.3) is 0 Å². The Morgan fingerprint density at radius 1 is 1.35 bits per heavy atom. The van der Waals surface area contributed by atoms with Crippen LogP contribution >= 0.6 is 0 Å². The Kier molecular flexibility index (Phi) is 5.35. The third-order valence-electron chi connectivity index (χ3n) is 2.37. The molecule has 0 saturated carbocycles. The smallest absolute Gasteiger partial charge is 0.225 e. The first-order valence-electron chi connectivity index (χ1n) is 5.54. The van der Waals surface area contributed by atoms with Crippen LogP contribution in [0.15, 0.2) is 12.4 Å². The maximum absolute atomic E-state index is 11.1. The van der Waals surface area contributed by atoms with E-state index in [0.717, 1.165) is 12.1 Å². The maximum atomic E-state index is 11.1. The second-order valence-corrected chi connectivity index (χ2v) is 3.77. The van der Waals surface area contributed by atoms with Gasteiger partial charge in [-0.15, -0.1) is 0 Å². The van der Waals surface area contributed by atoms with Gasteiger partial charge < -0.3 is 15.5 Å². The monoisotopic (exact) mass is 237 g/mol. The largest absolute Gasteiger partial charge is 0.359 e. The van der Waals surface area contributed by atoms with Gasteiger partial charge in [0.15, 0.2) is 0 Å². The highest BCUT2D eigenvalue weighted by molar-refractivity contribution is 5.76. The van der Waals surface area contributed by atoms with E-state index in [2.05, 4.69) is 20.6 Å². The van der Waals surface area contributed by atoms with Crippen molar-refractivity contribution in [3.63, 3.8) is 0 Å². The van der Waals surface area contributed by atoms with Crippen LogP contribution in [0.1, 0.15) is 12.0 Å². The first kappa shape index (κ1) is 13.4. The van der Waals surface area contributed by atoms with Crippen LogP contribution in [0.3, 0.4) is 0 Å². The summed E-state index contributed by atoms with van der Waals surface area (Å²) in [6.07, 6.45) is 4.01. The van der Waals surface area contributed by atoms with Gasteiger partial charge in [-0.3, -0.25) is 4.79 Å². The fraction of sp³-hybridized carbons (Fsp3) is 0.545. The molecule has 0 bridgehead atoms. The average molecular weight is 237 g/mol. The predicted molar refractivity (Wildman–Crippen MR) is 66.7 cm³/mol. The molecular weight excluding hydrogens is 218 g/mol. The van der Waals surface area contributed by atoms with Gasteiger partial charge in [0, 0.05) is 51.6 Å². The molecule has 94 valence electrons. The maximum Gasteiger partial charge on any atom is 0.225 e. The molecule has 1 amide bonds. The van der Waals surface area contributed by atoms with Crippen molar-refractivity contribution in [3.8, 4) is 0 Å². The van der Waals surface area contributed by atoms with Crippen molar-refractivity contribution in [1.82, 2.24) is 20.6 Å². The number of carbonyl (C=O) groups excluding carboxylic acids is 1. The molecule has 0 spiro atoms. The summed E-state index contributed by atoms with van der Waals surface area (Å²) in [6, 6.07) is 0. The van der Waals surface area contributed by atoms with Gasteiger partial charge in [-0.2, -0.15) is 0 Å². The molecule has 2 N–H and O–H groups in total. The summed E-state index contributed by atoms with van der Waals surface area (Å²) < 4.78 is 0. The van der Waals surface area contributed by atoms with E-state index in [0.29, 0.717) is 18.9 Å². The number of hydrogen-bond donors (Lipinski definition) is 2. The van der Waals surface area contributed by atoms with E-state index in [9.17, 15) is 4.79 Å². The van der Waals surface area contributed by atoms with Crippen LogP contribution in [0, 0.1) is 0 Å². The minimum absolute atomic E-state index is 0.0173. The molecule has 0 aliphatic heterocycles. The van der Waals surface area contributed by atoms with Gasteiger partial charge in [0.05, 0.1) is 0 Å². The number of aromatic nitrogens is 2. The molecule has 0 atom stereocenters. The Morgan fingerprint density at radius 3 is 2.53 bits per heavy atom. The summed E-state index contributed by atoms with van der Waals surface area (Å²) in [5, 5.41) is 5.62. The third-order valence-corrected chi connectivity index (χ3v) is 2.37. The van der Waals surface area contributed by atoms with Gasteiger partial charge in [-0.25, -0.2) is 9.97 Å². The molecule has 6 heteroatoms. The average Bonchev–Trinajstić information content (AvgIpc) is 2.36.